The van der Waals surface area contributed by atoms with Crippen LogP contribution in [-0.4, -0.2) is 31.1 Å². The van der Waals surface area contributed by atoms with Gasteiger partial charge in [0.2, 0.25) is 0 Å². The molecule has 0 bridgehead atoms. The van der Waals surface area contributed by atoms with Gasteiger partial charge in [0.05, 0.1) is 5.69 Å². The monoisotopic (exact) mass is 302 g/mol. The highest BCUT2D eigenvalue weighted by Crippen LogP contribution is 2.35. The van der Waals surface area contributed by atoms with E-state index < -0.39 is 12.1 Å². The van der Waals surface area contributed by atoms with E-state index in [9.17, 15) is 22.8 Å². The van der Waals surface area contributed by atoms with Crippen molar-refractivity contribution in [3.8, 4) is 5.75 Å². The average molecular weight is 302 g/mol. The van der Waals surface area contributed by atoms with Gasteiger partial charge in [-0.3, -0.25) is 9.59 Å². The molecule has 0 fully saturated rings. The van der Waals surface area contributed by atoms with Crippen molar-refractivity contribution in [2.24, 2.45) is 0 Å². The van der Waals surface area contributed by atoms with E-state index in [1.807, 2.05) is 6.92 Å². The number of anilines is 2. The Labute approximate surface area is 118 Å². The molecule has 0 aliphatic carbocycles. The number of nitrogens with one attached hydrogen (secondary N) is 1. The maximum atomic E-state index is 12.2. The van der Waals surface area contributed by atoms with Crippen LogP contribution >= 0.6 is 0 Å². The lowest BCUT2D eigenvalue weighted by atomic mass is 10.2. The van der Waals surface area contributed by atoms with Crippen molar-refractivity contribution in [1.29, 1.82) is 0 Å². The summed E-state index contributed by atoms with van der Waals surface area (Å²) >= 11 is 0. The van der Waals surface area contributed by atoms with E-state index >= 15 is 0 Å². The molecule has 0 saturated heterocycles. The van der Waals surface area contributed by atoms with Crippen molar-refractivity contribution in [1.82, 2.24) is 0 Å². The van der Waals surface area contributed by atoms with Crippen LogP contribution < -0.4 is 15.0 Å². The van der Waals surface area contributed by atoms with Gasteiger partial charge in [0.25, 0.3) is 5.91 Å². The van der Waals surface area contributed by atoms with Gasteiger partial charge in [-0.05, 0) is 18.6 Å². The van der Waals surface area contributed by atoms with Gasteiger partial charge in [-0.25, -0.2) is 0 Å². The number of hydrogen-bond acceptors (Lipinski definition) is 3. The smallest absolute Gasteiger partial charge is 0.471 e. The molecule has 2 rings (SSSR count). The molecule has 1 heterocycles. The second kappa shape index (κ2) is 5.63. The highest BCUT2D eigenvalue weighted by molar-refractivity contribution is 5.99. The van der Waals surface area contributed by atoms with E-state index in [-0.39, 0.29) is 24.0 Å². The molecule has 114 valence electrons. The largest absolute Gasteiger partial charge is 0.481 e. The standard InChI is InChI=1S/C13H13F3N2O3/c1-2-5-18-9-4-3-8(17-12(20)13(14,15)16)6-10(9)21-7-11(18)19/h3-4,6H,2,5,7H2,1H3,(H,17,20). The zero-order valence-electron chi connectivity index (χ0n) is 11.2. The molecule has 1 aromatic rings. The van der Waals surface area contributed by atoms with Crippen LogP contribution in [0.1, 0.15) is 13.3 Å². The molecular formula is C13H13F3N2O3. The molecule has 0 atom stereocenters. The summed E-state index contributed by atoms with van der Waals surface area (Å²) < 4.78 is 41.8. The molecule has 0 aromatic heterocycles. The van der Waals surface area contributed by atoms with Crippen molar-refractivity contribution >= 4 is 23.2 Å². The van der Waals surface area contributed by atoms with Crippen molar-refractivity contribution in [2.75, 3.05) is 23.4 Å². The summed E-state index contributed by atoms with van der Waals surface area (Å²) in [6.07, 6.45) is -4.22. The Morgan fingerprint density at radius 3 is 2.76 bits per heavy atom. The molecular weight excluding hydrogens is 289 g/mol. The Bertz CT molecular complexity index is 572. The van der Waals surface area contributed by atoms with Crippen LogP contribution in [-0.2, 0) is 9.59 Å². The van der Waals surface area contributed by atoms with E-state index in [1.165, 1.54) is 23.1 Å². The van der Waals surface area contributed by atoms with E-state index in [2.05, 4.69) is 0 Å². The topological polar surface area (TPSA) is 58.6 Å². The lowest BCUT2D eigenvalue weighted by molar-refractivity contribution is -0.167. The minimum absolute atomic E-state index is 0.0399. The van der Waals surface area contributed by atoms with Crippen molar-refractivity contribution in [2.45, 2.75) is 19.5 Å². The molecule has 1 aliphatic rings. The fourth-order valence-corrected chi connectivity index (χ4v) is 1.95. The van der Waals surface area contributed by atoms with E-state index in [0.717, 1.165) is 6.42 Å². The maximum Gasteiger partial charge on any atom is 0.471 e. The third-order valence-electron chi connectivity index (χ3n) is 2.87. The number of benzene rings is 1. The number of fused-ring (bicyclic) bond motifs is 1. The number of alkyl halides is 3. The molecule has 1 aliphatic heterocycles. The molecule has 0 radical (unpaired) electrons. The predicted octanol–water partition coefficient (Wildman–Crippen LogP) is 2.32. The third kappa shape index (κ3) is 3.26. The first-order chi connectivity index (χ1) is 9.82. The summed E-state index contributed by atoms with van der Waals surface area (Å²) in [6, 6.07) is 4.02. The molecule has 0 saturated carbocycles. The summed E-state index contributed by atoms with van der Waals surface area (Å²) in [5, 5.41) is 1.74. The van der Waals surface area contributed by atoms with Gasteiger partial charge in [0.15, 0.2) is 6.61 Å². The van der Waals surface area contributed by atoms with Gasteiger partial charge < -0.3 is 15.0 Å². The first-order valence-corrected chi connectivity index (χ1v) is 6.28. The van der Waals surface area contributed by atoms with Crippen LogP contribution in [0.25, 0.3) is 0 Å². The summed E-state index contributed by atoms with van der Waals surface area (Å²) in [7, 11) is 0. The predicted molar refractivity (Wildman–Crippen MR) is 69.3 cm³/mol. The number of hydrogen-bond donors (Lipinski definition) is 1. The zero-order valence-corrected chi connectivity index (χ0v) is 11.2. The van der Waals surface area contributed by atoms with Gasteiger partial charge in [0.1, 0.15) is 5.75 Å². The molecule has 8 heteroatoms. The number of carbonyl (C=O) groups is 2. The minimum Gasteiger partial charge on any atom is -0.481 e. The van der Waals surface area contributed by atoms with E-state index in [4.69, 9.17) is 4.74 Å². The van der Waals surface area contributed by atoms with Crippen molar-refractivity contribution in [3.63, 3.8) is 0 Å². The van der Waals surface area contributed by atoms with E-state index in [1.54, 1.807) is 5.32 Å². The fourth-order valence-electron chi connectivity index (χ4n) is 1.95. The van der Waals surface area contributed by atoms with Crippen molar-refractivity contribution in [3.05, 3.63) is 18.2 Å². The maximum absolute atomic E-state index is 12.2. The quantitative estimate of drug-likeness (QED) is 0.932. The Morgan fingerprint density at radius 2 is 2.14 bits per heavy atom. The Balaban J connectivity index is 2.24. The molecule has 0 unspecified atom stereocenters. The van der Waals surface area contributed by atoms with Crippen LogP contribution in [0.2, 0.25) is 0 Å². The van der Waals surface area contributed by atoms with Crippen LogP contribution in [0, 0.1) is 0 Å². The van der Waals surface area contributed by atoms with Gasteiger partial charge in [-0.2, -0.15) is 13.2 Å². The highest BCUT2D eigenvalue weighted by Gasteiger charge is 2.38. The minimum atomic E-state index is -4.96. The molecule has 1 aromatic carbocycles. The van der Waals surface area contributed by atoms with Crippen LogP contribution in [0.15, 0.2) is 18.2 Å². The molecule has 2 amide bonds. The lowest BCUT2D eigenvalue weighted by Gasteiger charge is -2.29. The SMILES string of the molecule is CCCN1C(=O)COc2cc(NC(=O)C(F)(F)F)ccc21. The normalized spacial score (nSPS) is 14.5. The number of nitrogens with zero attached hydrogens (tertiary/aromatic N) is 1. The fraction of sp³-hybridized carbons (Fsp3) is 0.385. The number of ether oxygens (including phenoxy) is 1. The second-order valence-electron chi connectivity index (χ2n) is 4.47. The summed E-state index contributed by atoms with van der Waals surface area (Å²) in [5.41, 5.74) is 0.444. The number of carbonyl (C=O) groups excluding carboxylic acids is 2. The van der Waals surface area contributed by atoms with Crippen LogP contribution in [0.3, 0.4) is 0 Å². The summed E-state index contributed by atoms with van der Waals surface area (Å²) in [4.78, 5) is 24.1. The summed E-state index contributed by atoms with van der Waals surface area (Å²) in [6.45, 7) is 2.22. The van der Waals surface area contributed by atoms with Crippen LogP contribution in [0.4, 0.5) is 24.5 Å². The molecule has 5 nitrogen and oxygen atoms in total. The van der Waals surface area contributed by atoms with Gasteiger partial charge in [-0.15, -0.1) is 0 Å². The average Bonchev–Trinajstić information content (AvgIpc) is 2.41. The Kier molecular flexibility index (Phi) is 4.06. The lowest BCUT2D eigenvalue weighted by Crippen LogP contribution is -2.39. The van der Waals surface area contributed by atoms with Gasteiger partial charge in [0, 0.05) is 18.3 Å². The summed E-state index contributed by atoms with van der Waals surface area (Å²) in [5.74, 6) is -2.00. The van der Waals surface area contributed by atoms with Gasteiger partial charge in [-0.1, -0.05) is 6.92 Å². The Hall–Kier alpha value is -2.25. The number of rotatable bonds is 3. The number of amides is 2. The van der Waals surface area contributed by atoms with Crippen LogP contribution in [0.5, 0.6) is 5.75 Å². The second-order valence-corrected chi connectivity index (χ2v) is 4.47. The molecule has 0 spiro atoms. The number of halogens is 3. The first-order valence-electron chi connectivity index (χ1n) is 6.28. The molecule has 1 N–H and O–H groups in total. The van der Waals surface area contributed by atoms with Crippen molar-refractivity contribution < 1.29 is 27.5 Å². The Morgan fingerprint density at radius 1 is 1.43 bits per heavy atom. The van der Waals surface area contributed by atoms with E-state index in [0.29, 0.717) is 12.2 Å². The zero-order chi connectivity index (χ0) is 15.6. The third-order valence-corrected chi connectivity index (χ3v) is 2.87. The highest BCUT2D eigenvalue weighted by atomic mass is 19.4. The molecule has 21 heavy (non-hydrogen) atoms. The first kappa shape index (κ1) is 15.1. The van der Waals surface area contributed by atoms with Gasteiger partial charge >= 0.3 is 12.1 Å².